The monoisotopic (exact) mass is 441 g/mol. The largest absolute Gasteiger partial charge is 0.450 e. The van der Waals surface area contributed by atoms with Crippen molar-refractivity contribution in [2.75, 3.05) is 19.7 Å². The van der Waals surface area contributed by atoms with Gasteiger partial charge in [-0.05, 0) is 71.9 Å². The molecule has 0 aromatic heterocycles. The molecule has 174 valence electrons. The summed E-state index contributed by atoms with van der Waals surface area (Å²) in [6.07, 6.45) is 11.2. The van der Waals surface area contributed by atoms with Crippen molar-refractivity contribution in [2.45, 2.75) is 107 Å². The molecular weight excluding hydrogens is 398 g/mol. The molecule has 0 radical (unpaired) electrons. The molecule has 0 bridgehead atoms. The summed E-state index contributed by atoms with van der Waals surface area (Å²) in [4.78, 5) is 26.0. The number of ether oxygens (including phenoxy) is 1. The van der Waals surface area contributed by atoms with Gasteiger partial charge in [0, 0.05) is 10.00 Å². The van der Waals surface area contributed by atoms with Gasteiger partial charge in [-0.3, -0.25) is 4.79 Å². The topological polar surface area (TPSA) is 93.5 Å². The van der Waals surface area contributed by atoms with Crippen molar-refractivity contribution in [3.8, 4) is 0 Å². The molecule has 0 aliphatic heterocycles. The highest BCUT2D eigenvalue weighted by Gasteiger charge is 2.42. The smallest absolute Gasteiger partial charge is 0.407 e. The number of carbonyl (C=O) groups is 2. The van der Waals surface area contributed by atoms with E-state index >= 15 is 0 Å². The zero-order valence-electron chi connectivity index (χ0n) is 19.2. The minimum atomic E-state index is -0.613. The second-order valence-electron chi connectivity index (χ2n) is 9.37. The average Bonchev–Trinajstić information content (AvgIpc) is 3.22. The predicted molar refractivity (Wildman–Crippen MR) is 125 cm³/mol. The van der Waals surface area contributed by atoms with E-state index in [0.717, 1.165) is 6.54 Å². The SMILES string of the molecule is CCOC(=O)N[C@@H](C(=O)[C@H](CCN)NCC1CCCCC1)C(C)(C)SC1CCCC1. The van der Waals surface area contributed by atoms with Crippen LogP contribution in [0.1, 0.15) is 85.0 Å². The van der Waals surface area contributed by atoms with Crippen LogP contribution < -0.4 is 16.4 Å². The normalized spacial score (nSPS) is 20.7. The standard InChI is InChI=1S/C23H43N3O3S/c1-4-29-22(28)26-21(23(2,3)30-18-12-8-9-13-18)20(27)19(14-15-24)25-16-17-10-6-5-7-11-17/h17-19,21,25H,4-16,24H2,1-3H3,(H,26,28)/t19-,21-/m0/s1. The highest BCUT2D eigenvalue weighted by Crippen LogP contribution is 2.40. The van der Waals surface area contributed by atoms with E-state index in [1.165, 1.54) is 57.8 Å². The Labute approximate surface area is 187 Å². The minimum absolute atomic E-state index is 0.0276. The quantitative estimate of drug-likeness (QED) is 0.424. The van der Waals surface area contributed by atoms with Gasteiger partial charge in [0.05, 0.1) is 12.6 Å². The summed E-state index contributed by atoms with van der Waals surface area (Å²) in [5.41, 5.74) is 5.86. The fourth-order valence-corrected chi connectivity index (χ4v) is 6.53. The molecule has 2 rings (SSSR count). The lowest BCUT2D eigenvalue weighted by Gasteiger charge is -2.37. The first-order valence-corrected chi connectivity index (χ1v) is 12.8. The molecule has 2 fully saturated rings. The number of carbonyl (C=O) groups excluding carboxylic acids is 2. The lowest BCUT2D eigenvalue weighted by Crippen LogP contribution is -2.59. The molecule has 0 spiro atoms. The van der Waals surface area contributed by atoms with Crippen LogP contribution in [-0.4, -0.2) is 53.7 Å². The van der Waals surface area contributed by atoms with Crippen molar-refractivity contribution in [3.05, 3.63) is 0 Å². The van der Waals surface area contributed by atoms with Crippen LogP contribution in [0.25, 0.3) is 0 Å². The van der Waals surface area contributed by atoms with Crippen LogP contribution in [0, 0.1) is 5.92 Å². The maximum atomic E-state index is 13.7. The maximum absolute atomic E-state index is 13.7. The van der Waals surface area contributed by atoms with Crippen molar-refractivity contribution in [1.82, 2.24) is 10.6 Å². The Morgan fingerprint density at radius 2 is 1.73 bits per heavy atom. The Bertz CT molecular complexity index is 532. The Kier molecular flexibility index (Phi) is 11.0. The van der Waals surface area contributed by atoms with E-state index in [0.29, 0.717) is 24.1 Å². The van der Waals surface area contributed by atoms with E-state index in [2.05, 4.69) is 24.5 Å². The summed E-state index contributed by atoms with van der Waals surface area (Å²) in [5, 5.41) is 6.95. The molecule has 7 heteroatoms. The molecule has 0 unspecified atom stereocenters. The van der Waals surface area contributed by atoms with Crippen molar-refractivity contribution >= 4 is 23.6 Å². The van der Waals surface area contributed by atoms with Gasteiger partial charge in [0.25, 0.3) is 0 Å². The molecule has 2 aliphatic rings. The molecule has 4 N–H and O–H groups in total. The van der Waals surface area contributed by atoms with Gasteiger partial charge in [-0.1, -0.05) is 32.1 Å². The van der Waals surface area contributed by atoms with Crippen LogP contribution in [0.2, 0.25) is 0 Å². The highest BCUT2D eigenvalue weighted by molar-refractivity contribution is 8.01. The van der Waals surface area contributed by atoms with Crippen molar-refractivity contribution in [1.29, 1.82) is 0 Å². The molecule has 2 aliphatic carbocycles. The van der Waals surface area contributed by atoms with E-state index in [9.17, 15) is 9.59 Å². The number of thioether (sulfide) groups is 1. The molecule has 0 aromatic carbocycles. The number of ketones is 1. The summed E-state index contributed by atoms with van der Waals surface area (Å²) < 4.78 is 4.71. The molecule has 6 nitrogen and oxygen atoms in total. The number of amides is 1. The van der Waals surface area contributed by atoms with Crippen LogP contribution in [0.3, 0.4) is 0 Å². The lowest BCUT2D eigenvalue weighted by molar-refractivity contribution is -0.123. The van der Waals surface area contributed by atoms with Gasteiger partial charge in [0.1, 0.15) is 6.04 Å². The van der Waals surface area contributed by atoms with Crippen LogP contribution >= 0.6 is 11.8 Å². The third-order valence-corrected chi connectivity index (χ3v) is 8.11. The molecule has 30 heavy (non-hydrogen) atoms. The molecule has 0 aromatic rings. The maximum Gasteiger partial charge on any atom is 0.407 e. The number of Topliss-reactive ketones (excluding diaryl/α,β-unsaturated/α-hetero) is 1. The number of nitrogens with one attached hydrogen (secondary N) is 2. The second-order valence-corrected chi connectivity index (χ2v) is 11.3. The van der Waals surface area contributed by atoms with Gasteiger partial charge in [0.2, 0.25) is 0 Å². The number of alkyl carbamates (subject to hydrolysis) is 1. The number of hydrogen-bond donors (Lipinski definition) is 3. The number of nitrogens with two attached hydrogens (primary N) is 1. The Morgan fingerprint density at radius 1 is 1.10 bits per heavy atom. The van der Waals surface area contributed by atoms with E-state index in [1.54, 1.807) is 6.92 Å². The number of rotatable bonds is 12. The summed E-state index contributed by atoms with van der Waals surface area (Å²) in [6.45, 7) is 7.50. The van der Waals surface area contributed by atoms with Gasteiger partial charge < -0.3 is 21.1 Å². The van der Waals surface area contributed by atoms with E-state index in [-0.39, 0.29) is 18.4 Å². The third kappa shape index (κ3) is 8.04. The molecule has 2 saturated carbocycles. The summed E-state index contributed by atoms with van der Waals surface area (Å²) >= 11 is 1.84. The second kappa shape index (κ2) is 12.9. The minimum Gasteiger partial charge on any atom is -0.450 e. The van der Waals surface area contributed by atoms with Gasteiger partial charge >= 0.3 is 6.09 Å². The first-order valence-electron chi connectivity index (χ1n) is 12.0. The zero-order chi connectivity index (χ0) is 22.0. The third-order valence-electron chi connectivity index (χ3n) is 6.47. The predicted octanol–water partition coefficient (Wildman–Crippen LogP) is 4.01. The molecule has 2 atom stereocenters. The zero-order valence-corrected chi connectivity index (χ0v) is 20.0. The van der Waals surface area contributed by atoms with E-state index < -0.39 is 16.9 Å². The first kappa shape index (κ1) is 25.5. The number of hydrogen-bond acceptors (Lipinski definition) is 6. The molecule has 0 saturated heterocycles. The van der Waals surface area contributed by atoms with E-state index in [4.69, 9.17) is 10.5 Å². The summed E-state index contributed by atoms with van der Waals surface area (Å²) in [7, 11) is 0. The van der Waals surface area contributed by atoms with Crippen LogP contribution in [0.15, 0.2) is 0 Å². The lowest BCUT2D eigenvalue weighted by atomic mass is 9.88. The Morgan fingerprint density at radius 3 is 2.33 bits per heavy atom. The molecule has 1 amide bonds. The van der Waals surface area contributed by atoms with Gasteiger partial charge in [-0.15, -0.1) is 11.8 Å². The van der Waals surface area contributed by atoms with Crippen LogP contribution in [-0.2, 0) is 9.53 Å². The van der Waals surface area contributed by atoms with Crippen molar-refractivity contribution in [3.63, 3.8) is 0 Å². The van der Waals surface area contributed by atoms with Gasteiger partial charge in [0.15, 0.2) is 5.78 Å². The van der Waals surface area contributed by atoms with Gasteiger partial charge in [-0.2, -0.15) is 0 Å². The van der Waals surface area contributed by atoms with Crippen LogP contribution in [0.4, 0.5) is 4.79 Å². The fraction of sp³-hybridized carbons (Fsp3) is 0.913. The van der Waals surface area contributed by atoms with Crippen molar-refractivity contribution < 1.29 is 14.3 Å². The summed E-state index contributed by atoms with van der Waals surface area (Å²) in [5.74, 6) is 0.656. The molecule has 0 heterocycles. The van der Waals surface area contributed by atoms with Gasteiger partial charge in [-0.25, -0.2) is 4.79 Å². The fourth-order valence-electron chi connectivity index (χ4n) is 4.79. The Balaban J connectivity index is 2.10. The van der Waals surface area contributed by atoms with Crippen molar-refractivity contribution in [2.24, 2.45) is 11.7 Å². The highest BCUT2D eigenvalue weighted by atomic mass is 32.2. The first-order chi connectivity index (χ1) is 14.4. The average molecular weight is 442 g/mol. The Hall–Kier alpha value is -0.790. The molecular formula is C23H43N3O3S. The van der Waals surface area contributed by atoms with Crippen LogP contribution in [0.5, 0.6) is 0 Å². The summed E-state index contributed by atoms with van der Waals surface area (Å²) in [6, 6.07) is -0.954. The van der Waals surface area contributed by atoms with E-state index in [1.807, 2.05) is 11.8 Å².